The van der Waals surface area contributed by atoms with Crippen molar-refractivity contribution in [1.82, 2.24) is 4.98 Å². The predicted molar refractivity (Wildman–Crippen MR) is 54.7 cm³/mol. The standard InChI is InChI=1S/C7H8BrN.C2H4/c1-5-3-4-9-7(5)6(2)8;1-2/h3-4,9H,2H2,1H3;1-2H2. The summed E-state index contributed by atoms with van der Waals surface area (Å²) in [5.74, 6) is 0. The molecule has 0 saturated heterocycles. The first-order valence-electron chi connectivity index (χ1n) is 3.20. The van der Waals surface area contributed by atoms with E-state index >= 15 is 0 Å². The quantitative estimate of drug-likeness (QED) is 0.688. The average molecular weight is 214 g/mol. The predicted octanol–water partition coefficient (Wildman–Crippen LogP) is 3.49. The molecule has 1 N–H and O–H groups in total. The number of rotatable bonds is 1. The molecule has 0 aliphatic carbocycles. The lowest BCUT2D eigenvalue weighted by molar-refractivity contribution is 1.34. The van der Waals surface area contributed by atoms with Crippen molar-refractivity contribution in [2.75, 3.05) is 0 Å². The molecular formula is C9H12BrN. The number of hydrogen-bond acceptors (Lipinski definition) is 0. The molecule has 0 bridgehead atoms. The highest BCUT2D eigenvalue weighted by atomic mass is 79.9. The van der Waals surface area contributed by atoms with Gasteiger partial charge in [0.2, 0.25) is 0 Å². The third-order valence-electron chi connectivity index (χ3n) is 1.23. The van der Waals surface area contributed by atoms with Gasteiger partial charge in [-0.15, -0.1) is 13.2 Å². The van der Waals surface area contributed by atoms with E-state index in [1.165, 1.54) is 5.56 Å². The molecule has 0 radical (unpaired) electrons. The Morgan fingerprint density at radius 3 is 2.27 bits per heavy atom. The normalized spacial score (nSPS) is 8.18. The molecule has 0 aliphatic heterocycles. The summed E-state index contributed by atoms with van der Waals surface area (Å²) < 4.78 is 0.907. The zero-order valence-corrected chi connectivity index (χ0v) is 8.24. The van der Waals surface area contributed by atoms with E-state index in [0.717, 1.165) is 10.2 Å². The van der Waals surface area contributed by atoms with E-state index in [4.69, 9.17) is 0 Å². The first-order valence-corrected chi connectivity index (χ1v) is 4.00. The monoisotopic (exact) mass is 213 g/mol. The molecule has 0 unspecified atom stereocenters. The highest BCUT2D eigenvalue weighted by Gasteiger charge is 1.97. The summed E-state index contributed by atoms with van der Waals surface area (Å²) in [6.07, 6.45) is 1.90. The average Bonchev–Trinajstić information content (AvgIpc) is 2.39. The van der Waals surface area contributed by atoms with Crippen LogP contribution in [0, 0.1) is 6.92 Å². The molecule has 0 amide bonds. The Morgan fingerprint density at radius 2 is 2.09 bits per heavy atom. The van der Waals surface area contributed by atoms with Gasteiger partial charge in [-0.3, -0.25) is 0 Å². The first-order chi connectivity index (χ1) is 5.22. The highest BCUT2D eigenvalue weighted by molar-refractivity contribution is 9.15. The SMILES string of the molecule is C=C.C=C(Br)c1[nH]ccc1C. The smallest absolute Gasteiger partial charge is 0.0548 e. The van der Waals surface area contributed by atoms with Gasteiger partial charge in [-0.2, -0.15) is 0 Å². The number of nitrogens with one attached hydrogen (secondary N) is 1. The highest BCUT2D eigenvalue weighted by Crippen LogP contribution is 2.19. The van der Waals surface area contributed by atoms with Gasteiger partial charge in [-0.1, -0.05) is 6.58 Å². The van der Waals surface area contributed by atoms with Gasteiger partial charge in [0.1, 0.15) is 0 Å². The zero-order valence-electron chi connectivity index (χ0n) is 6.65. The van der Waals surface area contributed by atoms with Gasteiger partial charge in [-0.25, -0.2) is 0 Å². The maximum Gasteiger partial charge on any atom is 0.0548 e. The fraction of sp³-hybridized carbons (Fsp3) is 0.111. The van der Waals surface area contributed by atoms with Crippen LogP contribution in [0.5, 0.6) is 0 Å². The summed E-state index contributed by atoms with van der Waals surface area (Å²) in [4.78, 5) is 3.06. The summed E-state index contributed by atoms with van der Waals surface area (Å²) in [6.45, 7) is 11.8. The molecule has 0 aromatic carbocycles. The second-order valence-corrected chi connectivity index (χ2v) is 2.90. The second kappa shape index (κ2) is 4.97. The maximum atomic E-state index is 3.74. The van der Waals surface area contributed by atoms with Crippen molar-refractivity contribution in [3.05, 3.63) is 43.3 Å². The zero-order chi connectivity index (χ0) is 8.85. The van der Waals surface area contributed by atoms with Gasteiger partial charge in [0.05, 0.1) is 5.69 Å². The maximum absolute atomic E-state index is 3.74. The van der Waals surface area contributed by atoms with Crippen molar-refractivity contribution in [3.63, 3.8) is 0 Å². The third-order valence-corrected chi connectivity index (χ3v) is 1.62. The van der Waals surface area contributed by atoms with Crippen LogP contribution in [-0.2, 0) is 0 Å². The fourth-order valence-electron chi connectivity index (χ4n) is 0.739. The van der Waals surface area contributed by atoms with Crippen LogP contribution < -0.4 is 0 Å². The van der Waals surface area contributed by atoms with Gasteiger partial charge < -0.3 is 4.98 Å². The lowest BCUT2D eigenvalue weighted by atomic mass is 10.3. The van der Waals surface area contributed by atoms with Crippen LogP contribution in [0.25, 0.3) is 4.48 Å². The number of aryl methyl sites for hydroxylation is 1. The molecule has 0 fully saturated rings. The number of halogens is 1. The van der Waals surface area contributed by atoms with Crippen LogP contribution in [0.2, 0.25) is 0 Å². The Morgan fingerprint density at radius 1 is 1.55 bits per heavy atom. The van der Waals surface area contributed by atoms with E-state index in [-0.39, 0.29) is 0 Å². The van der Waals surface area contributed by atoms with E-state index in [1.807, 2.05) is 19.2 Å². The number of H-pyrrole nitrogens is 1. The molecule has 60 valence electrons. The van der Waals surface area contributed by atoms with Crippen molar-refractivity contribution < 1.29 is 0 Å². The summed E-state index contributed by atoms with van der Waals surface area (Å²) in [6, 6.07) is 2.02. The van der Waals surface area contributed by atoms with E-state index in [9.17, 15) is 0 Å². The summed E-state index contributed by atoms with van der Waals surface area (Å²) in [5.41, 5.74) is 2.30. The topological polar surface area (TPSA) is 15.8 Å². The van der Waals surface area contributed by atoms with Gasteiger partial charge in [-0.05, 0) is 34.5 Å². The van der Waals surface area contributed by atoms with Crippen molar-refractivity contribution in [2.45, 2.75) is 6.92 Å². The molecule has 11 heavy (non-hydrogen) atoms. The second-order valence-electron chi connectivity index (χ2n) is 1.94. The Kier molecular flexibility index (Phi) is 4.62. The minimum atomic E-state index is 0.907. The lowest BCUT2D eigenvalue weighted by Crippen LogP contribution is -1.76. The fourth-order valence-corrected chi connectivity index (χ4v) is 1.17. The molecule has 1 rings (SSSR count). The molecule has 0 spiro atoms. The Hall–Kier alpha value is -0.760. The Labute approximate surface area is 76.0 Å². The van der Waals surface area contributed by atoms with Crippen molar-refractivity contribution >= 4 is 20.4 Å². The molecule has 0 saturated carbocycles. The third kappa shape index (κ3) is 2.76. The van der Waals surface area contributed by atoms with Crippen LogP contribution >= 0.6 is 15.9 Å². The molecule has 1 nitrogen and oxygen atoms in total. The molecule has 0 atom stereocenters. The Balaban J connectivity index is 0.000000461. The van der Waals surface area contributed by atoms with E-state index in [2.05, 4.69) is 40.7 Å². The van der Waals surface area contributed by atoms with Crippen LogP contribution in [0.3, 0.4) is 0 Å². The van der Waals surface area contributed by atoms with Crippen molar-refractivity contribution in [1.29, 1.82) is 0 Å². The minimum Gasteiger partial charge on any atom is -0.361 e. The Bertz CT molecular complexity index is 237. The van der Waals surface area contributed by atoms with Crippen molar-refractivity contribution in [2.24, 2.45) is 0 Å². The van der Waals surface area contributed by atoms with Gasteiger partial charge in [0.25, 0.3) is 0 Å². The molecule has 1 aromatic heterocycles. The molecule has 1 aromatic rings. The molecule has 1 heterocycles. The first kappa shape index (κ1) is 10.2. The minimum absolute atomic E-state index is 0.907. The van der Waals surface area contributed by atoms with Gasteiger partial charge in [0, 0.05) is 10.7 Å². The molecule has 2 heteroatoms. The molecule has 0 aliphatic rings. The lowest BCUT2D eigenvalue weighted by Gasteiger charge is -1.92. The van der Waals surface area contributed by atoms with Crippen LogP contribution in [0.1, 0.15) is 11.3 Å². The number of aromatic nitrogens is 1. The van der Waals surface area contributed by atoms with Crippen molar-refractivity contribution in [3.8, 4) is 0 Å². The van der Waals surface area contributed by atoms with E-state index < -0.39 is 0 Å². The van der Waals surface area contributed by atoms with Gasteiger partial charge >= 0.3 is 0 Å². The number of hydrogen-bond donors (Lipinski definition) is 1. The van der Waals surface area contributed by atoms with Gasteiger partial charge in [0.15, 0.2) is 0 Å². The number of aromatic amines is 1. The van der Waals surface area contributed by atoms with Crippen LogP contribution in [0.4, 0.5) is 0 Å². The van der Waals surface area contributed by atoms with E-state index in [1.54, 1.807) is 0 Å². The summed E-state index contributed by atoms with van der Waals surface area (Å²) in [5, 5.41) is 0. The molecular weight excluding hydrogens is 202 g/mol. The summed E-state index contributed by atoms with van der Waals surface area (Å²) >= 11 is 3.29. The largest absolute Gasteiger partial charge is 0.361 e. The summed E-state index contributed by atoms with van der Waals surface area (Å²) in [7, 11) is 0. The van der Waals surface area contributed by atoms with Crippen LogP contribution in [0.15, 0.2) is 32.0 Å². The van der Waals surface area contributed by atoms with E-state index in [0.29, 0.717) is 0 Å². The van der Waals surface area contributed by atoms with Crippen LogP contribution in [-0.4, -0.2) is 4.98 Å².